The Morgan fingerprint density at radius 3 is 2.43 bits per heavy atom. The van der Waals surface area contributed by atoms with E-state index in [0.717, 1.165) is 13.1 Å². The zero-order chi connectivity index (χ0) is 10.9. The fourth-order valence-corrected chi connectivity index (χ4v) is 2.15. The van der Waals surface area contributed by atoms with Crippen LogP contribution in [-0.4, -0.2) is 55.0 Å². The molecule has 0 aromatic carbocycles. The van der Waals surface area contributed by atoms with Crippen molar-refractivity contribution in [3.05, 3.63) is 0 Å². The maximum Gasteiger partial charge on any atom is 0.234 e. The van der Waals surface area contributed by atoms with Crippen LogP contribution in [0.5, 0.6) is 0 Å². The van der Waals surface area contributed by atoms with Gasteiger partial charge in [0.15, 0.2) is 0 Å². The van der Waals surface area contributed by atoms with Gasteiger partial charge in [-0.05, 0) is 26.9 Å². The Morgan fingerprint density at radius 2 is 2.07 bits per heavy atom. The number of primary amides is 1. The van der Waals surface area contributed by atoms with E-state index in [4.69, 9.17) is 5.73 Å². The van der Waals surface area contributed by atoms with E-state index in [1.165, 1.54) is 0 Å². The van der Waals surface area contributed by atoms with Crippen LogP contribution < -0.4 is 5.73 Å². The number of amides is 1. The maximum atomic E-state index is 11.0. The molecule has 1 aliphatic heterocycles. The molecule has 1 saturated heterocycles. The molecule has 14 heavy (non-hydrogen) atoms. The van der Waals surface area contributed by atoms with Gasteiger partial charge in [0.05, 0.1) is 6.04 Å². The van der Waals surface area contributed by atoms with Gasteiger partial charge in [-0.15, -0.1) is 0 Å². The van der Waals surface area contributed by atoms with Gasteiger partial charge in [-0.3, -0.25) is 9.69 Å². The van der Waals surface area contributed by atoms with Crippen molar-refractivity contribution in [3.63, 3.8) is 0 Å². The minimum Gasteiger partial charge on any atom is -0.368 e. The van der Waals surface area contributed by atoms with E-state index >= 15 is 0 Å². The number of likely N-dealkylation sites (tertiary alicyclic amines) is 1. The number of hydrogen-bond acceptors (Lipinski definition) is 3. The van der Waals surface area contributed by atoms with Crippen LogP contribution >= 0.6 is 0 Å². The molecule has 0 radical (unpaired) electrons. The molecule has 1 aliphatic rings. The summed E-state index contributed by atoms with van der Waals surface area (Å²) in [7, 11) is 4.17. The van der Waals surface area contributed by atoms with Crippen molar-refractivity contribution in [2.45, 2.75) is 25.9 Å². The third-order valence-corrected chi connectivity index (χ3v) is 3.22. The van der Waals surface area contributed by atoms with E-state index in [2.05, 4.69) is 30.8 Å². The second kappa shape index (κ2) is 4.28. The molecule has 0 aromatic rings. The molecule has 0 bridgehead atoms. The average molecular weight is 199 g/mol. The molecular formula is C10H21N3O. The van der Waals surface area contributed by atoms with Crippen LogP contribution in [0.4, 0.5) is 0 Å². The summed E-state index contributed by atoms with van der Waals surface area (Å²) in [5.41, 5.74) is 5.29. The van der Waals surface area contributed by atoms with Gasteiger partial charge < -0.3 is 10.6 Å². The fraction of sp³-hybridized carbons (Fsp3) is 0.900. The van der Waals surface area contributed by atoms with Crippen molar-refractivity contribution in [2.24, 2.45) is 11.7 Å². The summed E-state index contributed by atoms with van der Waals surface area (Å²) in [5, 5.41) is 0. The Kier molecular flexibility index (Phi) is 3.50. The van der Waals surface area contributed by atoms with E-state index in [9.17, 15) is 4.79 Å². The van der Waals surface area contributed by atoms with Gasteiger partial charge in [-0.1, -0.05) is 6.92 Å². The molecule has 4 heteroatoms. The first kappa shape index (κ1) is 11.5. The van der Waals surface area contributed by atoms with Crippen molar-refractivity contribution in [1.29, 1.82) is 0 Å². The van der Waals surface area contributed by atoms with Crippen LogP contribution in [0.2, 0.25) is 0 Å². The molecule has 1 amide bonds. The zero-order valence-corrected chi connectivity index (χ0v) is 9.53. The highest BCUT2D eigenvalue weighted by molar-refractivity contribution is 5.79. The standard InChI is InChI=1S/C10H21N3O/c1-7-5-13(8(2)10(11)14)6-9(7)12(3)4/h7-9H,5-6H2,1-4H3,(H2,11,14). The SMILES string of the molecule is CC1CN(C(C)C(N)=O)CC1N(C)C. The van der Waals surface area contributed by atoms with Crippen LogP contribution in [0, 0.1) is 5.92 Å². The number of carbonyl (C=O) groups excluding carboxylic acids is 1. The van der Waals surface area contributed by atoms with Crippen molar-refractivity contribution in [2.75, 3.05) is 27.2 Å². The summed E-state index contributed by atoms with van der Waals surface area (Å²) in [6, 6.07) is 0.402. The van der Waals surface area contributed by atoms with Crippen molar-refractivity contribution >= 4 is 5.91 Å². The summed E-state index contributed by atoms with van der Waals surface area (Å²) >= 11 is 0. The van der Waals surface area contributed by atoms with Crippen molar-refractivity contribution in [3.8, 4) is 0 Å². The van der Waals surface area contributed by atoms with E-state index in [1.807, 2.05) is 6.92 Å². The molecule has 0 aromatic heterocycles. The molecule has 0 aliphatic carbocycles. The van der Waals surface area contributed by atoms with E-state index < -0.39 is 0 Å². The number of likely N-dealkylation sites (N-methyl/N-ethyl adjacent to an activating group) is 1. The van der Waals surface area contributed by atoms with Crippen LogP contribution in [0.1, 0.15) is 13.8 Å². The second-order valence-corrected chi connectivity index (χ2v) is 4.54. The van der Waals surface area contributed by atoms with Gasteiger partial charge in [0.2, 0.25) is 5.91 Å². The maximum absolute atomic E-state index is 11.0. The normalized spacial score (nSPS) is 30.9. The number of carbonyl (C=O) groups is 1. The summed E-state index contributed by atoms with van der Waals surface area (Å²) in [4.78, 5) is 15.4. The minimum atomic E-state index is -0.225. The lowest BCUT2D eigenvalue weighted by Crippen LogP contribution is -2.42. The second-order valence-electron chi connectivity index (χ2n) is 4.54. The Morgan fingerprint density at radius 1 is 1.50 bits per heavy atom. The van der Waals surface area contributed by atoms with Gasteiger partial charge in [-0.25, -0.2) is 0 Å². The summed E-state index contributed by atoms with van der Waals surface area (Å²) < 4.78 is 0. The van der Waals surface area contributed by atoms with Gasteiger partial charge >= 0.3 is 0 Å². The number of rotatable bonds is 3. The molecule has 1 heterocycles. The van der Waals surface area contributed by atoms with Crippen molar-refractivity contribution < 1.29 is 4.79 Å². The summed E-state index contributed by atoms with van der Waals surface area (Å²) in [5.74, 6) is 0.378. The molecule has 0 spiro atoms. The molecule has 4 nitrogen and oxygen atoms in total. The van der Waals surface area contributed by atoms with Crippen LogP contribution in [0.15, 0.2) is 0 Å². The molecule has 3 unspecified atom stereocenters. The predicted octanol–water partition coefficient (Wildman–Crippen LogP) is -0.258. The first-order valence-corrected chi connectivity index (χ1v) is 5.13. The predicted molar refractivity (Wildman–Crippen MR) is 56.9 cm³/mol. The molecule has 3 atom stereocenters. The highest BCUT2D eigenvalue weighted by atomic mass is 16.1. The number of nitrogens with zero attached hydrogens (tertiary/aromatic N) is 2. The third kappa shape index (κ3) is 2.25. The zero-order valence-electron chi connectivity index (χ0n) is 9.53. The molecule has 2 N–H and O–H groups in total. The highest BCUT2D eigenvalue weighted by Crippen LogP contribution is 2.21. The van der Waals surface area contributed by atoms with Crippen LogP contribution in [0.3, 0.4) is 0 Å². The largest absolute Gasteiger partial charge is 0.368 e. The molecular weight excluding hydrogens is 178 g/mol. The smallest absolute Gasteiger partial charge is 0.234 e. The van der Waals surface area contributed by atoms with E-state index in [1.54, 1.807) is 0 Å². The lowest BCUT2D eigenvalue weighted by molar-refractivity contribution is -0.122. The number of hydrogen-bond donors (Lipinski definition) is 1. The average Bonchev–Trinajstić information content (AvgIpc) is 2.45. The van der Waals surface area contributed by atoms with Gasteiger partial charge in [0.25, 0.3) is 0 Å². The summed E-state index contributed by atoms with van der Waals surface area (Å²) in [6.45, 7) is 6.01. The van der Waals surface area contributed by atoms with Gasteiger partial charge in [0, 0.05) is 19.1 Å². The molecule has 82 valence electrons. The molecule has 1 rings (SSSR count). The summed E-state index contributed by atoms with van der Waals surface area (Å²) in [6.07, 6.45) is 0. The monoisotopic (exact) mass is 199 g/mol. The molecule has 0 saturated carbocycles. The quantitative estimate of drug-likeness (QED) is 0.681. The van der Waals surface area contributed by atoms with Gasteiger partial charge in [-0.2, -0.15) is 0 Å². The first-order valence-electron chi connectivity index (χ1n) is 5.13. The van der Waals surface area contributed by atoms with Gasteiger partial charge in [0.1, 0.15) is 0 Å². The lowest BCUT2D eigenvalue weighted by atomic mass is 10.1. The Balaban J connectivity index is 2.58. The Bertz CT molecular complexity index is 217. The highest BCUT2D eigenvalue weighted by Gasteiger charge is 2.34. The van der Waals surface area contributed by atoms with Crippen LogP contribution in [-0.2, 0) is 4.79 Å². The Labute approximate surface area is 86.0 Å². The van der Waals surface area contributed by atoms with E-state index in [-0.39, 0.29) is 11.9 Å². The third-order valence-electron chi connectivity index (χ3n) is 3.22. The Hall–Kier alpha value is -0.610. The van der Waals surface area contributed by atoms with Crippen molar-refractivity contribution in [1.82, 2.24) is 9.80 Å². The van der Waals surface area contributed by atoms with Crippen LogP contribution in [0.25, 0.3) is 0 Å². The number of nitrogens with two attached hydrogens (primary N) is 1. The fourth-order valence-electron chi connectivity index (χ4n) is 2.15. The minimum absolute atomic E-state index is 0.137. The first-order chi connectivity index (χ1) is 6.43. The lowest BCUT2D eigenvalue weighted by Gasteiger charge is -2.24. The van der Waals surface area contributed by atoms with E-state index in [0.29, 0.717) is 12.0 Å². The molecule has 1 fully saturated rings. The topological polar surface area (TPSA) is 49.6 Å².